The molecule has 0 aromatic carbocycles. The third-order valence-corrected chi connectivity index (χ3v) is 3.25. The van der Waals surface area contributed by atoms with E-state index < -0.39 is 23.5 Å². The van der Waals surface area contributed by atoms with Crippen LogP contribution in [0, 0.1) is 12.3 Å². The van der Waals surface area contributed by atoms with Crippen molar-refractivity contribution in [2.45, 2.75) is 24.4 Å². The summed E-state index contributed by atoms with van der Waals surface area (Å²) in [6.45, 7) is 0.520. The highest BCUT2D eigenvalue weighted by atomic mass is 16.2. The predicted octanol–water partition coefficient (Wildman–Crippen LogP) is -1.85. The van der Waals surface area contributed by atoms with Crippen molar-refractivity contribution in [1.82, 2.24) is 15.5 Å². The molecule has 0 radical (unpaired) electrons. The zero-order valence-corrected chi connectivity index (χ0v) is 9.73. The molecule has 0 aromatic heterocycles. The number of hydrogen-bond acceptors (Lipinski definition) is 4. The van der Waals surface area contributed by atoms with Gasteiger partial charge >= 0.3 is 6.03 Å². The molecular weight excluding hydrogens is 236 g/mol. The zero-order chi connectivity index (χ0) is 13.3. The number of nitrogens with zero attached hydrogens (tertiary/aromatic N) is 1. The Labute approximate surface area is 104 Å². The van der Waals surface area contributed by atoms with Gasteiger partial charge in [0, 0.05) is 13.0 Å². The molecule has 2 atom stereocenters. The van der Waals surface area contributed by atoms with Crippen LogP contribution in [0.2, 0.25) is 0 Å². The average molecular weight is 250 g/mol. The molecule has 0 aromatic rings. The molecular formula is C11H14N4O3. The first-order valence-electron chi connectivity index (χ1n) is 5.60. The van der Waals surface area contributed by atoms with Gasteiger partial charge in [-0.15, -0.1) is 12.3 Å². The summed E-state index contributed by atoms with van der Waals surface area (Å²) >= 11 is 0. The number of imide groups is 1. The van der Waals surface area contributed by atoms with Crippen molar-refractivity contribution >= 4 is 17.8 Å². The van der Waals surface area contributed by atoms with E-state index in [-0.39, 0.29) is 18.9 Å². The lowest BCUT2D eigenvalue weighted by Crippen LogP contribution is -2.51. The first-order chi connectivity index (χ1) is 8.48. The molecule has 0 bridgehead atoms. The van der Waals surface area contributed by atoms with E-state index in [1.165, 1.54) is 4.90 Å². The van der Waals surface area contributed by atoms with Crippen LogP contribution < -0.4 is 16.4 Å². The van der Waals surface area contributed by atoms with E-state index in [1.807, 2.05) is 0 Å². The Bertz CT molecular complexity index is 456. The molecule has 96 valence electrons. The number of likely N-dealkylation sites (tertiary alicyclic amines) is 1. The minimum absolute atomic E-state index is 0.141. The van der Waals surface area contributed by atoms with Crippen molar-refractivity contribution < 1.29 is 14.4 Å². The minimum Gasteiger partial charge on any atom is -0.338 e. The number of amides is 4. The van der Waals surface area contributed by atoms with Gasteiger partial charge in [0.05, 0.1) is 12.6 Å². The Morgan fingerprint density at radius 2 is 2.33 bits per heavy atom. The smallest absolute Gasteiger partial charge is 0.322 e. The Morgan fingerprint density at radius 3 is 2.89 bits per heavy atom. The number of hydrogen-bond donors (Lipinski definition) is 3. The number of urea groups is 1. The van der Waals surface area contributed by atoms with Gasteiger partial charge in [-0.1, -0.05) is 0 Å². The summed E-state index contributed by atoms with van der Waals surface area (Å²) in [5.74, 6) is 1.64. The first-order valence-corrected chi connectivity index (χ1v) is 5.60. The lowest BCUT2D eigenvalue weighted by atomic mass is 9.99. The Kier molecular flexibility index (Phi) is 2.97. The maximum absolute atomic E-state index is 11.9. The Morgan fingerprint density at radius 1 is 1.61 bits per heavy atom. The summed E-state index contributed by atoms with van der Waals surface area (Å²) in [6, 6.07) is -1.28. The van der Waals surface area contributed by atoms with E-state index in [9.17, 15) is 14.4 Å². The Balaban J connectivity index is 2.05. The van der Waals surface area contributed by atoms with Crippen molar-refractivity contribution in [3.8, 4) is 12.3 Å². The van der Waals surface area contributed by atoms with Gasteiger partial charge in [-0.05, 0) is 6.42 Å². The van der Waals surface area contributed by atoms with Crippen LogP contribution in [0.4, 0.5) is 4.79 Å². The maximum atomic E-state index is 11.9. The van der Waals surface area contributed by atoms with Crippen LogP contribution in [0.15, 0.2) is 0 Å². The highest BCUT2D eigenvalue weighted by molar-refractivity contribution is 6.07. The van der Waals surface area contributed by atoms with Crippen molar-refractivity contribution in [3.05, 3.63) is 0 Å². The molecule has 0 saturated carbocycles. The van der Waals surface area contributed by atoms with E-state index in [1.54, 1.807) is 0 Å². The SMILES string of the molecule is C#CCC(N)C(=O)N1CCC2(C1)NC(=O)NC2=O. The minimum atomic E-state index is -0.997. The van der Waals surface area contributed by atoms with Gasteiger partial charge in [-0.25, -0.2) is 4.79 Å². The van der Waals surface area contributed by atoms with Crippen LogP contribution in [0.3, 0.4) is 0 Å². The lowest BCUT2D eigenvalue weighted by molar-refractivity contribution is -0.132. The monoisotopic (exact) mass is 250 g/mol. The third-order valence-electron chi connectivity index (χ3n) is 3.25. The molecule has 2 rings (SSSR count). The van der Waals surface area contributed by atoms with Gasteiger partial charge in [0.25, 0.3) is 5.91 Å². The molecule has 2 saturated heterocycles. The standard InChI is InChI=1S/C11H14N4O3/c1-2-3-7(12)8(16)15-5-4-11(6-15)9(17)13-10(18)14-11/h1,7H,3-6,12H2,(H2,13,14,17,18). The van der Waals surface area contributed by atoms with E-state index in [0.29, 0.717) is 13.0 Å². The number of carbonyl (C=O) groups excluding carboxylic acids is 3. The van der Waals surface area contributed by atoms with Gasteiger partial charge in [0.15, 0.2) is 0 Å². The fourth-order valence-corrected chi connectivity index (χ4v) is 2.26. The number of nitrogens with two attached hydrogens (primary N) is 1. The molecule has 2 aliphatic heterocycles. The van der Waals surface area contributed by atoms with Crippen LogP contribution in [-0.2, 0) is 9.59 Å². The fourth-order valence-electron chi connectivity index (χ4n) is 2.26. The van der Waals surface area contributed by atoms with Gasteiger partial charge < -0.3 is 16.0 Å². The number of rotatable bonds is 2. The average Bonchev–Trinajstić information content (AvgIpc) is 2.84. The van der Waals surface area contributed by atoms with Gasteiger partial charge in [-0.2, -0.15) is 0 Å². The van der Waals surface area contributed by atoms with Gasteiger partial charge in [0.2, 0.25) is 5.91 Å². The summed E-state index contributed by atoms with van der Waals surface area (Å²) in [4.78, 5) is 36.2. The number of nitrogens with one attached hydrogen (secondary N) is 2. The quantitative estimate of drug-likeness (QED) is 0.395. The lowest BCUT2D eigenvalue weighted by Gasteiger charge is -2.22. The normalized spacial score (nSPS) is 27.9. The third kappa shape index (κ3) is 1.91. The number of terminal acetylenes is 1. The summed E-state index contributed by atoms with van der Waals surface area (Å²) in [7, 11) is 0. The van der Waals surface area contributed by atoms with Crippen LogP contribution in [-0.4, -0.2) is 47.4 Å². The molecule has 2 aliphatic rings. The highest BCUT2D eigenvalue weighted by Gasteiger charge is 2.51. The van der Waals surface area contributed by atoms with Gasteiger partial charge in [-0.3, -0.25) is 14.9 Å². The molecule has 4 N–H and O–H groups in total. The second-order valence-corrected chi connectivity index (χ2v) is 4.51. The molecule has 1 spiro atoms. The second-order valence-electron chi connectivity index (χ2n) is 4.51. The molecule has 2 heterocycles. The highest BCUT2D eigenvalue weighted by Crippen LogP contribution is 2.25. The van der Waals surface area contributed by atoms with E-state index >= 15 is 0 Å². The maximum Gasteiger partial charge on any atom is 0.322 e. The van der Waals surface area contributed by atoms with Crippen molar-refractivity contribution in [3.63, 3.8) is 0 Å². The summed E-state index contributed by atoms with van der Waals surface area (Å²) in [5, 5.41) is 4.73. The zero-order valence-electron chi connectivity index (χ0n) is 9.73. The van der Waals surface area contributed by atoms with E-state index in [2.05, 4.69) is 16.6 Å². The molecule has 7 nitrogen and oxygen atoms in total. The first kappa shape index (κ1) is 12.4. The Hall–Kier alpha value is -2.07. The van der Waals surface area contributed by atoms with Crippen molar-refractivity contribution in [2.75, 3.05) is 13.1 Å². The summed E-state index contributed by atoms with van der Waals surface area (Å²) < 4.78 is 0. The summed E-state index contributed by atoms with van der Waals surface area (Å²) in [6.07, 6.45) is 5.64. The van der Waals surface area contributed by atoms with E-state index in [4.69, 9.17) is 12.2 Å². The van der Waals surface area contributed by atoms with Gasteiger partial charge in [0.1, 0.15) is 5.54 Å². The van der Waals surface area contributed by atoms with Crippen LogP contribution in [0.5, 0.6) is 0 Å². The largest absolute Gasteiger partial charge is 0.338 e. The summed E-state index contributed by atoms with van der Waals surface area (Å²) in [5.41, 5.74) is 4.64. The predicted molar refractivity (Wildman–Crippen MR) is 62.0 cm³/mol. The van der Waals surface area contributed by atoms with Crippen LogP contribution >= 0.6 is 0 Å². The fraction of sp³-hybridized carbons (Fsp3) is 0.545. The van der Waals surface area contributed by atoms with Crippen LogP contribution in [0.25, 0.3) is 0 Å². The number of carbonyl (C=O) groups is 3. The second kappa shape index (κ2) is 4.31. The van der Waals surface area contributed by atoms with Crippen LogP contribution in [0.1, 0.15) is 12.8 Å². The molecule has 0 aliphatic carbocycles. The van der Waals surface area contributed by atoms with E-state index in [0.717, 1.165) is 0 Å². The molecule has 2 fully saturated rings. The topological polar surface area (TPSA) is 105 Å². The molecule has 2 unspecified atom stereocenters. The molecule has 7 heteroatoms. The molecule has 18 heavy (non-hydrogen) atoms. The molecule has 4 amide bonds. The van der Waals surface area contributed by atoms with Crippen molar-refractivity contribution in [2.24, 2.45) is 5.73 Å². The van der Waals surface area contributed by atoms with Crippen molar-refractivity contribution in [1.29, 1.82) is 0 Å².